The summed E-state index contributed by atoms with van der Waals surface area (Å²) in [5.74, 6) is 1.76. The molecule has 0 bridgehead atoms. The Morgan fingerprint density at radius 1 is 0.857 bits per heavy atom. The van der Waals surface area contributed by atoms with Gasteiger partial charge in [-0.05, 0) is 46.3 Å². The first-order chi connectivity index (χ1) is 13.4. The van der Waals surface area contributed by atoms with E-state index >= 15 is 0 Å². The largest absolute Gasteiger partial charge is 0.495 e. The molecule has 2 aromatic carbocycles. The molecular weight excluding hydrogens is 430 g/mol. The Hall–Kier alpha value is -2.87. The smallest absolute Gasteiger partial charge is 0.207 e. The first-order valence-electron chi connectivity index (χ1n) is 8.14. The zero-order valence-corrected chi connectivity index (χ0v) is 17.9. The number of anilines is 1. The number of ketones is 1. The van der Waals surface area contributed by atoms with E-state index in [2.05, 4.69) is 15.9 Å². The number of carbonyl (C=O) groups excluding carboxylic acids is 1. The second-order valence-electron chi connectivity index (χ2n) is 5.55. The van der Waals surface area contributed by atoms with Crippen molar-refractivity contribution < 1.29 is 28.5 Å². The van der Waals surface area contributed by atoms with Crippen LogP contribution >= 0.6 is 15.9 Å². The van der Waals surface area contributed by atoms with Crippen molar-refractivity contribution >= 4 is 33.5 Å². The van der Waals surface area contributed by atoms with Crippen LogP contribution in [0.25, 0.3) is 6.08 Å². The molecule has 2 aromatic rings. The van der Waals surface area contributed by atoms with Gasteiger partial charge < -0.3 is 29.4 Å². The summed E-state index contributed by atoms with van der Waals surface area (Å²) in [4.78, 5) is 12.8. The summed E-state index contributed by atoms with van der Waals surface area (Å²) in [5.41, 5.74) is 7.25. The summed E-state index contributed by atoms with van der Waals surface area (Å²) in [6, 6.07) is 6.52. The molecule has 2 rings (SSSR count). The van der Waals surface area contributed by atoms with Crippen LogP contribution in [-0.4, -0.2) is 41.3 Å². The van der Waals surface area contributed by atoms with E-state index in [4.69, 9.17) is 29.4 Å². The van der Waals surface area contributed by atoms with E-state index in [-0.39, 0.29) is 5.78 Å². The van der Waals surface area contributed by atoms with Crippen LogP contribution in [0.4, 0.5) is 5.69 Å². The number of Topliss-reactive ketones (excluding diaryl/α,β-unsaturated/α-hetero) is 1. The molecule has 0 saturated carbocycles. The van der Waals surface area contributed by atoms with Crippen molar-refractivity contribution in [2.75, 3.05) is 41.3 Å². The molecular formula is C20H22BrNO6. The Morgan fingerprint density at radius 2 is 1.46 bits per heavy atom. The molecule has 0 unspecified atom stereocenters. The summed E-state index contributed by atoms with van der Waals surface area (Å²) in [7, 11) is 7.50. The second kappa shape index (κ2) is 9.36. The Labute approximate surface area is 172 Å². The molecule has 0 aliphatic heterocycles. The monoisotopic (exact) mass is 451 g/mol. The van der Waals surface area contributed by atoms with Gasteiger partial charge in [0, 0.05) is 11.1 Å². The van der Waals surface area contributed by atoms with Gasteiger partial charge in [0.25, 0.3) is 0 Å². The Balaban J connectivity index is 2.55. The highest BCUT2D eigenvalue weighted by Crippen LogP contribution is 2.47. The zero-order chi connectivity index (χ0) is 20.8. The van der Waals surface area contributed by atoms with Gasteiger partial charge in [-0.3, -0.25) is 4.79 Å². The van der Waals surface area contributed by atoms with E-state index in [1.165, 1.54) is 35.5 Å². The van der Waals surface area contributed by atoms with Crippen LogP contribution in [0.1, 0.15) is 15.9 Å². The molecule has 150 valence electrons. The van der Waals surface area contributed by atoms with Crippen molar-refractivity contribution in [3.8, 4) is 28.7 Å². The fraction of sp³-hybridized carbons (Fsp3) is 0.250. The number of nitrogens with two attached hydrogens (primary N) is 1. The fourth-order valence-electron chi connectivity index (χ4n) is 2.66. The number of benzene rings is 2. The van der Waals surface area contributed by atoms with Gasteiger partial charge in [0.1, 0.15) is 5.75 Å². The van der Waals surface area contributed by atoms with E-state index in [1.807, 2.05) is 0 Å². The number of rotatable bonds is 8. The molecule has 0 aromatic heterocycles. The van der Waals surface area contributed by atoms with Crippen LogP contribution in [-0.2, 0) is 0 Å². The predicted molar refractivity (Wildman–Crippen MR) is 111 cm³/mol. The molecule has 0 heterocycles. The lowest BCUT2D eigenvalue weighted by Gasteiger charge is -2.17. The van der Waals surface area contributed by atoms with E-state index < -0.39 is 0 Å². The number of nitrogen functional groups attached to an aromatic ring is 1. The van der Waals surface area contributed by atoms with E-state index in [1.54, 1.807) is 30.3 Å². The predicted octanol–water partition coefficient (Wildman–Crippen LogP) is 3.93. The SMILES string of the molecule is COc1cc(C(=O)C(Br)=Cc2cc(OC)c(OC)c(OC)c2OC)ccc1N. The molecule has 0 aliphatic rings. The lowest BCUT2D eigenvalue weighted by atomic mass is 10.1. The van der Waals surface area contributed by atoms with Gasteiger partial charge in [0.15, 0.2) is 17.3 Å². The molecule has 28 heavy (non-hydrogen) atoms. The molecule has 0 aliphatic carbocycles. The highest BCUT2D eigenvalue weighted by Gasteiger charge is 2.22. The topological polar surface area (TPSA) is 89.2 Å². The van der Waals surface area contributed by atoms with Crippen molar-refractivity contribution in [2.45, 2.75) is 0 Å². The number of carbonyl (C=O) groups is 1. The van der Waals surface area contributed by atoms with Crippen molar-refractivity contribution in [3.63, 3.8) is 0 Å². The molecule has 0 radical (unpaired) electrons. The van der Waals surface area contributed by atoms with Crippen LogP contribution in [0.5, 0.6) is 28.7 Å². The van der Waals surface area contributed by atoms with E-state index in [9.17, 15) is 4.79 Å². The van der Waals surface area contributed by atoms with Gasteiger partial charge in [-0.25, -0.2) is 0 Å². The van der Waals surface area contributed by atoms with Crippen LogP contribution in [0, 0.1) is 0 Å². The zero-order valence-electron chi connectivity index (χ0n) is 16.3. The normalized spacial score (nSPS) is 11.0. The molecule has 7 nitrogen and oxygen atoms in total. The molecule has 0 saturated heterocycles. The minimum Gasteiger partial charge on any atom is -0.495 e. The van der Waals surface area contributed by atoms with Crippen molar-refractivity contribution in [1.29, 1.82) is 0 Å². The Kier molecular flexibility index (Phi) is 7.17. The number of hydrogen-bond acceptors (Lipinski definition) is 7. The summed E-state index contributed by atoms with van der Waals surface area (Å²) in [6.45, 7) is 0. The first-order valence-corrected chi connectivity index (χ1v) is 8.93. The average molecular weight is 452 g/mol. The minimum atomic E-state index is -0.255. The van der Waals surface area contributed by atoms with E-state index in [0.717, 1.165) is 0 Å². The van der Waals surface area contributed by atoms with Crippen molar-refractivity contribution in [2.24, 2.45) is 0 Å². The van der Waals surface area contributed by atoms with Gasteiger partial charge in [-0.2, -0.15) is 0 Å². The summed E-state index contributed by atoms with van der Waals surface area (Å²) < 4.78 is 27.1. The molecule has 2 N–H and O–H groups in total. The molecule has 0 spiro atoms. The van der Waals surface area contributed by atoms with E-state index in [0.29, 0.717) is 50.0 Å². The van der Waals surface area contributed by atoms with Crippen LogP contribution in [0.3, 0.4) is 0 Å². The quantitative estimate of drug-likeness (QED) is 0.369. The highest BCUT2D eigenvalue weighted by atomic mass is 79.9. The maximum absolute atomic E-state index is 12.8. The maximum atomic E-state index is 12.8. The molecule has 0 atom stereocenters. The molecule has 8 heteroatoms. The highest BCUT2D eigenvalue weighted by molar-refractivity contribution is 9.12. The van der Waals surface area contributed by atoms with Gasteiger partial charge in [0.05, 0.1) is 45.7 Å². The summed E-state index contributed by atoms with van der Waals surface area (Å²) in [5, 5.41) is 0. The lowest BCUT2D eigenvalue weighted by Crippen LogP contribution is -2.02. The second-order valence-corrected chi connectivity index (χ2v) is 6.40. The third-order valence-electron chi connectivity index (χ3n) is 4.01. The standard InChI is InChI=1S/C20H22BrNO6/c1-24-15-9-11(6-7-14(15)22)17(23)13(21)8-12-10-16(25-2)19(27-4)20(28-5)18(12)26-3/h6-10H,22H2,1-5H3. The van der Waals surface area contributed by atoms with Gasteiger partial charge >= 0.3 is 0 Å². The van der Waals surface area contributed by atoms with Gasteiger partial charge in [-0.1, -0.05) is 0 Å². The number of halogens is 1. The van der Waals surface area contributed by atoms with Gasteiger partial charge in [-0.15, -0.1) is 0 Å². The lowest BCUT2D eigenvalue weighted by molar-refractivity contribution is 0.104. The van der Waals surface area contributed by atoms with Crippen LogP contribution < -0.4 is 29.4 Å². The number of hydrogen-bond donors (Lipinski definition) is 1. The summed E-state index contributed by atoms with van der Waals surface area (Å²) >= 11 is 3.34. The van der Waals surface area contributed by atoms with Crippen LogP contribution in [0.15, 0.2) is 28.7 Å². The first kappa shape index (κ1) is 21.4. The van der Waals surface area contributed by atoms with Crippen molar-refractivity contribution in [3.05, 3.63) is 39.9 Å². The number of methoxy groups -OCH3 is 5. The Bertz CT molecular complexity index is 910. The molecule has 0 amide bonds. The average Bonchev–Trinajstić information content (AvgIpc) is 2.72. The minimum absolute atomic E-state index is 0.255. The molecule has 0 fully saturated rings. The van der Waals surface area contributed by atoms with Crippen LogP contribution in [0.2, 0.25) is 0 Å². The number of allylic oxidation sites excluding steroid dienone is 1. The summed E-state index contributed by atoms with van der Waals surface area (Å²) in [6.07, 6.45) is 1.62. The Morgan fingerprint density at radius 3 is 2.00 bits per heavy atom. The van der Waals surface area contributed by atoms with Crippen molar-refractivity contribution in [1.82, 2.24) is 0 Å². The third kappa shape index (κ3) is 4.17. The third-order valence-corrected chi connectivity index (χ3v) is 4.60. The van der Waals surface area contributed by atoms with Gasteiger partial charge in [0.2, 0.25) is 11.5 Å². The number of ether oxygens (including phenoxy) is 5. The maximum Gasteiger partial charge on any atom is 0.207 e. The fourth-order valence-corrected chi connectivity index (χ4v) is 3.13.